The van der Waals surface area contributed by atoms with Crippen LogP contribution in [0.25, 0.3) is 10.9 Å². The lowest BCUT2D eigenvalue weighted by Crippen LogP contribution is -2.50. The van der Waals surface area contributed by atoms with Gasteiger partial charge in [0.25, 0.3) is 0 Å². The van der Waals surface area contributed by atoms with Gasteiger partial charge >= 0.3 is 6.18 Å². The van der Waals surface area contributed by atoms with Crippen LogP contribution in [0.4, 0.5) is 24.8 Å². The Morgan fingerprint density at radius 3 is 2.55 bits per heavy atom. The number of hydrazine groups is 1. The number of alkyl halides is 3. The molecule has 33 heavy (non-hydrogen) atoms. The number of anilines is 2. The van der Waals surface area contributed by atoms with E-state index in [0.717, 1.165) is 30.2 Å². The van der Waals surface area contributed by atoms with Crippen molar-refractivity contribution in [2.24, 2.45) is 0 Å². The number of rotatable bonds is 6. The summed E-state index contributed by atoms with van der Waals surface area (Å²) in [5.74, 6) is 1.98. The molecular weight excluding hydrogens is 435 g/mol. The summed E-state index contributed by atoms with van der Waals surface area (Å²) in [4.78, 5) is 11.0. The van der Waals surface area contributed by atoms with Crippen LogP contribution in [0.15, 0.2) is 18.3 Å². The number of aromatic nitrogens is 2. The van der Waals surface area contributed by atoms with Gasteiger partial charge in [0.15, 0.2) is 0 Å². The van der Waals surface area contributed by atoms with Crippen LogP contribution in [0.1, 0.15) is 39.0 Å². The summed E-state index contributed by atoms with van der Waals surface area (Å²) in [5.41, 5.74) is 7.13. The van der Waals surface area contributed by atoms with E-state index in [0.29, 0.717) is 36.3 Å². The third-order valence-electron chi connectivity index (χ3n) is 6.91. The lowest BCUT2D eigenvalue weighted by Gasteiger charge is -2.39. The first kappa shape index (κ1) is 22.4. The summed E-state index contributed by atoms with van der Waals surface area (Å²) in [6, 6.07) is 3.94. The minimum Gasteiger partial charge on any atom is -0.496 e. The van der Waals surface area contributed by atoms with E-state index in [1.54, 1.807) is 24.3 Å². The van der Waals surface area contributed by atoms with Crippen LogP contribution >= 0.6 is 0 Å². The van der Waals surface area contributed by atoms with E-state index in [-0.39, 0.29) is 24.3 Å². The molecule has 8 nitrogen and oxygen atoms in total. The molecule has 0 spiro atoms. The third-order valence-corrected chi connectivity index (χ3v) is 6.91. The molecule has 3 unspecified atom stereocenters. The Labute approximate surface area is 190 Å². The van der Waals surface area contributed by atoms with E-state index >= 15 is 0 Å². The van der Waals surface area contributed by atoms with E-state index in [1.807, 2.05) is 6.07 Å². The number of ether oxygens (including phenoxy) is 1. The van der Waals surface area contributed by atoms with Crippen molar-refractivity contribution in [3.63, 3.8) is 0 Å². The number of hydrogen-bond donors (Lipinski definition) is 4. The molecule has 180 valence electrons. The van der Waals surface area contributed by atoms with Crippen molar-refractivity contribution in [2.75, 3.05) is 24.3 Å². The van der Waals surface area contributed by atoms with Crippen molar-refractivity contribution in [3.8, 4) is 5.75 Å². The van der Waals surface area contributed by atoms with Crippen molar-refractivity contribution in [3.05, 3.63) is 18.3 Å². The molecule has 0 aromatic carbocycles. The molecule has 0 radical (unpaired) electrons. The Bertz CT molecular complexity index is 990. The third kappa shape index (κ3) is 4.80. The molecule has 0 aliphatic carbocycles. The molecule has 0 saturated carbocycles. The van der Waals surface area contributed by atoms with Gasteiger partial charge in [-0.1, -0.05) is 0 Å². The first-order valence-electron chi connectivity index (χ1n) is 11.5. The number of fused-ring (bicyclic) bond motifs is 3. The second-order valence-corrected chi connectivity index (χ2v) is 9.37. The zero-order chi connectivity index (χ0) is 23.2. The van der Waals surface area contributed by atoms with E-state index in [9.17, 15) is 13.2 Å². The molecule has 3 aliphatic rings. The molecule has 5 heterocycles. The summed E-state index contributed by atoms with van der Waals surface area (Å²) in [6.45, 7) is 1.27. The Hall–Kier alpha value is -2.37. The Kier molecular flexibility index (Phi) is 5.96. The smallest absolute Gasteiger partial charge is 0.401 e. The van der Waals surface area contributed by atoms with Gasteiger partial charge in [-0.3, -0.25) is 15.3 Å². The molecule has 0 amide bonds. The van der Waals surface area contributed by atoms with Gasteiger partial charge in [0.05, 0.1) is 30.7 Å². The average Bonchev–Trinajstić information content (AvgIpc) is 3.24. The normalized spacial score (nSPS) is 30.0. The predicted octanol–water partition coefficient (Wildman–Crippen LogP) is 3.23. The van der Waals surface area contributed by atoms with Gasteiger partial charge in [-0.25, -0.2) is 10.4 Å². The number of methoxy groups -OCH3 is 1. The van der Waals surface area contributed by atoms with Crippen LogP contribution in [-0.2, 0) is 0 Å². The van der Waals surface area contributed by atoms with E-state index in [1.165, 1.54) is 0 Å². The maximum atomic E-state index is 13.0. The molecule has 5 atom stereocenters. The van der Waals surface area contributed by atoms with Crippen LogP contribution < -0.4 is 26.2 Å². The van der Waals surface area contributed by atoms with E-state index < -0.39 is 12.7 Å². The zero-order valence-corrected chi connectivity index (χ0v) is 18.7. The summed E-state index contributed by atoms with van der Waals surface area (Å²) >= 11 is 0. The van der Waals surface area contributed by atoms with Crippen LogP contribution in [-0.4, -0.2) is 65.0 Å². The number of hydrogen-bond acceptors (Lipinski definition) is 8. The fourth-order valence-corrected chi connectivity index (χ4v) is 5.53. The number of pyridine rings is 2. The van der Waals surface area contributed by atoms with Crippen LogP contribution in [0.5, 0.6) is 5.75 Å². The van der Waals surface area contributed by atoms with Gasteiger partial charge in [-0.2, -0.15) is 13.2 Å². The van der Waals surface area contributed by atoms with Crippen LogP contribution in [0.3, 0.4) is 0 Å². The summed E-state index contributed by atoms with van der Waals surface area (Å²) in [7, 11) is 1.61. The molecule has 3 aliphatic heterocycles. The predicted molar refractivity (Wildman–Crippen MR) is 120 cm³/mol. The lowest BCUT2D eigenvalue weighted by atomic mass is 9.97. The average molecular weight is 466 g/mol. The van der Waals surface area contributed by atoms with Crippen LogP contribution in [0, 0.1) is 0 Å². The Morgan fingerprint density at radius 2 is 1.91 bits per heavy atom. The summed E-state index contributed by atoms with van der Waals surface area (Å²) in [6.07, 6.45) is 1.37. The Morgan fingerprint density at radius 1 is 1.15 bits per heavy atom. The highest BCUT2D eigenvalue weighted by Crippen LogP contribution is 2.40. The quantitative estimate of drug-likeness (QED) is 0.518. The minimum atomic E-state index is -4.17. The topological polar surface area (TPSA) is 86.4 Å². The van der Waals surface area contributed by atoms with Gasteiger partial charge in [0.2, 0.25) is 0 Å². The van der Waals surface area contributed by atoms with E-state index in [2.05, 4.69) is 33.4 Å². The molecule has 3 saturated heterocycles. The van der Waals surface area contributed by atoms with Crippen molar-refractivity contribution < 1.29 is 17.9 Å². The highest BCUT2D eigenvalue weighted by Gasteiger charge is 2.45. The first-order chi connectivity index (χ1) is 15.8. The maximum Gasteiger partial charge on any atom is 0.401 e. The molecule has 3 fully saturated rings. The number of nitrogens with zero attached hydrogens (tertiary/aromatic N) is 3. The van der Waals surface area contributed by atoms with Gasteiger partial charge in [0.1, 0.15) is 17.4 Å². The Balaban J connectivity index is 1.40. The van der Waals surface area contributed by atoms with Gasteiger partial charge in [-0.15, -0.1) is 0 Å². The second kappa shape index (κ2) is 8.77. The summed E-state index contributed by atoms with van der Waals surface area (Å²) < 4.78 is 44.7. The molecule has 2 bridgehead atoms. The fourth-order valence-electron chi connectivity index (χ4n) is 5.53. The van der Waals surface area contributed by atoms with Gasteiger partial charge in [-0.05, 0) is 45.1 Å². The number of halogens is 3. The van der Waals surface area contributed by atoms with Crippen LogP contribution in [0.2, 0.25) is 0 Å². The van der Waals surface area contributed by atoms with Gasteiger partial charge in [0, 0.05) is 36.4 Å². The van der Waals surface area contributed by atoms with Gasteiger partial charge < -0.3 is 15.4 Å². The largest absolute Gasteiger partial charge is 0.496 e. The molecule has 11 heteroatoms. The van der Waals surface area contributed by atoms with Crippen molar-refractivity contribution in [1.29, 1.82) is 0 Å². The minimum absolute atomic E-state index is 0.0323. The number of piperidine rings is 1. The van der Waals surface area contributed by atoms with Crippen molar-refractivity contribution in [1.82, 2.24) is 25.7 Å². The fraction of sp³-hybridized carbons (Fsp3) is 0.636. The molecule has 4 N–H and O–H groups in total. The molecule has 2 aromatic rings. The highest BCUT2D eigenvalue weighted by atomic mass is 19.4. The number of nitrogens with one attached hydrogen (secondary N) is 4. The lowest BCUT2D eigenvalue weighted by molar-refractivity contribution is -0.155. The van der Waals surface area contributed by atoms with Crippen molar-refractivity contribution in [2.45, 2.75) is 75.5 Å². The first-order valence-corrected chi connectivity index (χ1v) is 11.5. The standard InChI is InChI=1S/C22H30F3N7O/c1-12-7-19(31-30-12)28-18-10-16-20(17(33-2)5-6-26-16)21(29-18)27-13-8-14-3-4-15(9-13)32(14)11-22(23,24)25/h5-6,10,12-15,19,30-31H,3-4,7-9,11H2,1-2H3,(H2,27,28,29)/t12?,13?,14-,15+,19?. The molecule has 2 aromatic heterocycles. The van der Waals surface area contributed by atoms with Crippen molar-refractivity contribution >= 4 is 22.5 Å². The monoisotopic (exact) mass is 465 g/mol. The molecule has 5 rings (SSSR count). The summed E-state index contributed by atoms with van der Waals surface area (Å²) in [5, 5.41) is 7.72. The zero-order valence-electron chi connectivity index (χ0n) is 18.7. The maximum absolute atomic E-state index is 13.0. The molecular formula is C22H30F3N7O. The highest BCUT2D eigenvalue weighted by molar-refractivity contribution is 5.96. The SMILES string of the molecule is COc1ccnc2cc(NC3CC(C)NN3)nc(NC3C[C@H]4CC[C@@H](C3)N4CC(F)(F)F)c12. The van der Waals surface area contributed by atoms with E-state index in [4.69, 9.17) is 9.72 Å². The second-order valence-electron chi connectivity index (χ2n) is 9.37.